The molecule has 0 fully saturated rings. The maximum Gasteiger partial charge on any atom is 0.241 e. The molecule has 0 saturated heterocycles. The van der Waals surface area contributed by atoms with Gasteiger partial charge in [-0.3, -0.25) is 0 Å². The van der Waals surface area contributed by atoms with Gasteiger partial charge in [-0.05, 0) is 37.2 Å². The molecule has 0 spiro atoms. The average Bonchev–Trinajstić information content (AvgIpc) is 2.35. The summed E-state index contributed by atoms with van der Waals surface area (Å²) in [5, 5.41) is 9.20. The van der Waals surface area contributed by atoms with E-state index in [1.807, 2.05) is 32.8 Å². The molecular weight excluding hydrogens is 295 g/mol. The van der Waals surface area contributed by atoms with E-state index in [1.165, 1.54) is 6.07 Å². The first kappa shape index (κ1) is 18.0. The van der Waals surface area contributed by atoms with Gasteiger partial charge in [-0.15, -0.1) is 0 Å². The standard InChI is InChI=1S/C14H23FN2O3S/c1-14(2,10-17(3)4)9-16-21(19,20)13-7-12(15)6-5-11(13)8-18/h5-7,16,18H,8-10H2,1-4H3. The lowest BCUT2D eigenvalue weighted by molar-refractivity contribution is 0.242. The van der Waals surface area contributed by atoms with Gasteiger partial charge >= 0.3 is 0 Å². The Morgan fingerprint density at radius 1 is 1.33 bits per heavy atom. The maximum atomic E-state index is 13.3. The minimum atomic E-state index is -3.86. The van der Waals surface area contributed by atoms with E-state index in [4.69, 9.17) is 0 Å². The second kappa shape index (κ2) is 6.83. The Kier molecular flexibility index (Phi) is 5.86. The third-order valence-corrected chi connectivity index (χ3v) is 4.46. The zero-order chi connectivity index (χ0) is 16.3. The van der Waals surface area contributed by atoms with Crippen molar-refractivity contribution in [2.24, 2.45) is 5.41 Å². The smallest absolute Gasteiger partial charge is 0.241 e. The van der Waals surface area contributed by atoms with E-state index < -0.39 is 22.4 Å². The molecule has 1 aromatic carbocycles. The van der Waals surface area contributed by atoms with E-state index in [1.54, 1.807) is 0 Å². The van der Waals surface area contributed by atoms with Crippen LogP contribution in [0.5, 0.6) is 0 Å². The number of benzene rings is 1. The van der Waals surface area contributed by atoms with Crippen LogP contribution in [0.3, 0.4) is 0 Å². The van der Waals surface area contributed by atoms with Crippen LogP contribution in [0.4, 0.5) is 4.39 Å². The fourth-order valence-corrected chi connectivity index (χ4v) is 3.67. The van der Waals surface area contributed by atoms with E-state index in [2.05, 4.69) is 4.72 Å². The van der Waals surface area contributed by atoms with Gasteiger partial charge in [0, 0.05) is 13.1 Å². The van der Waals surface area contributed by atoms with E-state index in [9.17, 15) is 17.9 Å². The summed E-state index contributed by atoms with van der Waals surface area (Å²) in [6, 6.07) is 3.32. The summed E-state index contributed by atoms with van der Waals surface area (Å²) >= 11 is 0. The molecule has 0 amide bonds. The number of aliphatic hydroxyl groups excluding tert-OH is 1. The lowest BCUT2D eigenvalue weighted by Gasteiger charge is -2.28. The van der Waals surface area contributed by atoms with E-state index in [-0.39, 0.29) is 22.4 Å². The Balaban J connectivity index is 2.95. The van der Waals surface area contributed by atoms with Gasteiger partial charge in [-0.25, -0.2) is 17.5 Å². The first-order valence-electron chi connectivity index (χ1n) is 6.61. The molecule has 0 heterocycles. The van der Waals surface area contributed by atoms with Gasteiger partial charge in [0.25, 0.3) is 0 Å². The Bertz CT molecular complexity index is 586. The van der Waals surface area contributed by atoms with Gasteiger partial charge in [-0.2, -0.15) is 0 Å². The first-order valence-corrected chi connectivity index (χ1v) is 8.09. The molecule has 1 aromatic rings. The molecule has 7 heteroatoms. The Morgan fingerprint density at radius 2 is 1.95 bits per heavy atom. The monoisotopic (exact) mass is 318 g/mol. The zero-order valence-electron chi connectivity index (χ0n) is 12.9. The molecule has 1 rings (SSSR count). The molecule has 120 valence electrons. The quantitative estimate of drug-likeness (QED) is 0.792. The molecule has 0 radical (unpaired) electrons. The topological polar surface area (TPSA) is 69.6 Å². The lowest BCUT2D eigenvalue weighted by atomic mass is 9.93. The predicted molar refractivity (Wildman–Crippen MR) is 79.8 cm³/mol. The molecule has 0 atom stereocenters. The number of nitrogens with one attached hydrogen (secondary N) is 1. The molecule has 0 saturated carbocycles. The summed E-state index contributed by atoms with van der Waals surface area (Å²) in [6.45, 7) is 4.33. The van der Waals surface area contributed by atoms with Crippen LogP contribution >= 0.6 is 0 Å². The molecule has 0 aliphatic rings. The molecule has 21 heavy (non-hydrogen) atoms. The highest BCUT2D eigenvalue weighted by atomic mass is 32.2. The van der Waals surface area contributed by atoms with Crippen molar-refractivity contribution >= 4 is 10.0 Å². The molecule has 0 bridgehead atoms. The van der Waals surface area contributed by atoms with Crippen LogP contribution in [0.2, 0.25) is 0 Å². The largest absolute Gasteiger partial charge is 0.392 e. The second-order valence-electron chi connectivity index (χ2n) is 6.14. The van der Waals surface area contributed by atoms with E-state index in [0.29, 0.717) is 6.54 Å². The number of aliphatic hydroxyl groups is 1. The minimum absolute atomic E-state index is 0.175. The molecule has 0 aliphatic carbocycles. The fraction of sp³-hybridized carbons (Fsp3) is 0.571. The van der Waals surface area contributed by atoms with Gasteiger partial charge in [0.1, 0.15) is 5.82 Å². The number of rotatable bonds is 7. The van der Waals surface area contributed by atoms with Gasteiger partial charge < -0.3 is 10.0 Å². The van der Waals surface area contributed by atoms with Gasteiger partial charge in [-0.1, -0.05) is 19.9 Å². The average molecular weight is 318 g/mol. The molecule has 0 unspecified atom stereocenters. The Morgan fingerprint density at radius 3 is 2.48 bits per heavy atom. The normalized spacial score (nSPS) is 12.9. The van der Waals surface area contributed by atoms with E-state index >= 15 is 0 Å². The third-order valence-electron chi connectivity index (χ3n) is 2.97. The summed E-state index contributed by atoms with van der Waals surface area (Å²) in [5.74, 6) is -0.653. The molecule has 5 nitrogen and oxygen atoms in total. The predicted octanol–water partition coefficient (Wildman–Crippen LogP) is 1.18. The molecule has 0 aromatic heterocycles. The van der Waals surface area contributed by atoms with Crippen LogP contribution in [0.25, 0.3) is 0 Å². The summed E-state index contributed by atoms with van der Waals surface area (Å²) < 4.78 is 40.4. The van der Waals surface area contributed by atoms with Crippen LogP contribution < -0.4 is 4.72 Å². The zero-order valence-corrected chi connectivity index (χ0v) is 13.7. The van der Waals surface area contributed by atoms with Crippen molar-refractivity contribution in [1.82, 2.24) is 9.62 Å². The second-order valence-corrected chi connectivity index (χ2v) is 7.87. The first-order chi connectivity index (χ1) is 9.57. The lowest BCUT2D eigenvalue weighted by Crippen LogP contribution is -2.40. The van der Waals surface area contributed by atoms with Crippen LogP contribution in [0, 0.1) is 11.2 Å². The van der Waals surface area contributed by atoms with Crippen molar-refractivity contribution in [3.63, 3.8) is 0 Å². The molecule has 0 aliphatic heterocycles. The fourth-order valence-electron chi connectivity index (χ4n) is 2.19. The van der Waals surface area contributed by atoms with Crippen LogP contribution in [-0.4, -0.2) is 45.6 Å². The summed E-state index contributed by atoms with van der Waals surface area (Å²) in [6.07, 6.45) is 0. The highest BCUT2D eigenvalue weighted by Crippen LogP contribution is 2.20. The number of nitrogens with zero attached hydrogens (tertiary/aromatic N) is 1. The highest BCUT2D eigenvalue weighted by Gasteiger charge is 2.24. The van der Waals surface area contributed by atoms with Crippen molar-refractivity contribution in [2.75, 3.05) is 27.2 Å². The molecule has 2 N–H and O–H groups in total. The Labute approximate surface area is 125 Å². The number of sulfonamides is 1. The van der Waals surface area contributed by atoms with Gasteiger partial charge in [0.05, 0.1) is 11.5 Å². The molecular formula is C14H23FN2O3S. The van der Waals surface area contributed by atoms with E-state index in [0.717, 1.165) is 12.1 Å². The third kappa shape index (κ3) is 5.35. The Hall–Kier alpha value is -1.02. The van der Waals surface area contributed by atoms with Crippen LogP contribution in [0.15, 0.2) is 23.1 Å². The summed E-state index contributed by atoms with van der Waals surface area (Å²) in [5.41, 5.74) is -0.0992. The highest BCUT2D eigenvalue weighted by molar-refractivity contribution is 7.89. The van der Waals surface area contributed by atoms with Gasteiger partial charge in [0.15, 0.2) is 0 Å². The minimum Gasteiger partial charge on any atom is -0.392 e. The van der Waals surface area contributed by atoms with Crippen molar-refractivity contribution in [1.29, 1.82) is 0 Å². The van der Waals surface area contributed by atoms with Crippen LogP contribution in [-0.2, 0) is 16.6 Å². The summed E-state index contributed by atoms with van der Waals surface area (Å²) in [7, 11) is -0.0442. The van der Waals surface area contributed by atoms with Crippen molar-refractivity contribution in [3.8, 4) is 0 Å². The number of hydrogen-bond acceptors (Lipinski definition) is 4. The van der Waals surface area contributed by atoms with Crippen molar-refractivity contribution in [2.45, 2.75) is 25.3 Å². The number of hydrogen-bond donors (Lipinski definition) is 2. The van der Waals surface area contributed by atoms with Gasteiger partial charge in [0.2, 0.25) is 10.0 Å². The van der Waals surface area contributed by atoms with Crippen molar-refractivity contribution in [3.05, 3.63) is 29.6 Å². The van der Waals surface area contributed by atoms with Crippen molar-refractivity contribution < 1.29 is 17.9 Å². The summed E-state index contributed by atoms with van der Waals surface area (Å²) in [4.78, 5) is 1.75. The van der Waals surface area contributed by atoms with Crippen LogP contribution in [0.1, 0.15) is 19.4 Å². The maximum absolute atomic E-state index is 13.3. The number of halogens is 1. The SMILES string of the molecule is CN(C)CC(C)(C)CNS(=O)(=O)c1cc(F)ccc1CO.